The van der Waals surface area contributed by atoms with E-state index in [2.05, 4.69) is 24.3 Å². The molecule has 2 aliphatic heterocycles. The molecule has 0 aromatic heterocycles. The minimum Gasteiger partial charge on any atom is -0.481 e. The number of ether oxygens (including phenoxy) is 1. The van der Waals surface area contributed by atoms with Gasteiger partial charge in [0.05, 0.1) is 12.2 Å². The van der Waals surface area contributed by atoms with Crippen molar-refractivity contribution in [2.75, 3.05) is 17.4 Å². The number of hydrogen-bond donors (Lipinski definition) is 1. The summed E-state index contributed by atoms with van der Waals surface area (Å²) >= 11 is 7.66. The smallest absolute Gasteiger partial charge is 0.303 e. The van der Waals surface area contributed by atoms with Gasteiger partial charge in [0.2, 0.25) is 0 Å². The molecular formula is C19H29ClO3S. The van der Waals surface area contributed by atoms with Gasteiger partial charge in [-0.2, -0.15) is 11.8 Å². The van der Waals surface area contributed by atoms with Gasteiger partial charge >= 0.3 is 5.97 Å². The molecule has 2 saturated heterocycles. The van der Waals surface area contributed by atoms with Crippen LogP contribution in [0.4, 0.5) is 0 Å². The number of hydrogen-bond acceptors (Lipinski definition) is 3. The highest BCUT2D eigenvalue weighted by Crippen LogP contribution is 2.46. The summed E-state index contributed by atoms with van der Waals surface area (Å²) in [5.41, 5.74) is 0. The summed E-state index contributed by atoms with van der Waals surface area (Å²) in [7, 11) is 0. The lowest BCUT2D eigenvalue weighted by atomic mass is 9.78. The van der Waals surface area contributed by atoms with E-state index in [9.17, 15) is 4.79 Å². The molecule has 0 radical (unpaired) electrons. The Hall–Kier alpha value is -0.450. The molecule has 1 N–H and O–H groups in total. The van der Waals surface area contributed by atoms with E-state index in [4.69, 9.17) is 21.4 Å². The summed E-state index contributed by atoms with van der Waals surface area (Å²) in [6.45, 7) is 0. The molecule has 0 unspecified atom stereocenters. The van der Waals surface area contributed by atoms with Gasteiger partial charge in [-0.05, 0) is 56.1 Å². The molecular weight excluding hydrogens is 344 g/mol. The third kappa shape index (κ3) is 6.45. The minimum absolute atomic E-state index is 0.262. The lowest BCUT2D eigenvalue weighted by Crippen LogP contribution is -2.28. The van der Waals surface area contributed by atoms with Gasteiger partial charge in [-0.1, -0.05) is 24.3 Å². The second-order valence-corrected chi connectivity index (χ2v) is 8.05. The van der Waals surface area contributed by atoms with Gasteiger partial charge in [-0.25, -0.2) is 0 Å². The first kappa shape index (κ1) is 19.9. The summed E-state index contributed by atoms with van der Waals surface area (Å²) in [6, 6.07) is 0. The van der Waals surface area contributed by atoms with E-state index in [0.717, 1.165) is 31.4 Å². The van der Waals surface area contributed by atoms with Crippen LogP contribution in [0.2, 0.25) is 0 Å². The van der Waals surface area contributed by atoms with Gasteiger partial charge in [0.25, 0.3) is 0 Å². The van der Waals surface area contributed by atoms with Gasteiger partial charge in [0.15, 0.2) is 0 Å². The minimum atomic E-state index is -0.706. The van der Waals surface area contributed by atoms with Crippen molar-refractivity contribution in [3.05, 3.63) is 24.3 Å². The number of fused-ring (bicyclic) bond motifs is 2. The molecule has 2 fully saturated rings. The van der Waals surface area contributed by atoms with Gasteiger partial charge in [0.1, 0.15) is 0 Å². The summed E-state index contributed by atoms with van der Waals surface area (Å²) in [6.07, 6.45) is 16.0. The summed E-state index contributed by atoms with van der Waals surface area (Å²) < 4.78 is 6.14. The number of allylic oxidation sites excluding steroid dienone is 3. The van der Waals surface area contributed by atoms with Crippen LogP contribution in [-0.4, -0.2) is 40.7 Å². The summed E-state index contributed by atoms with van der Waals surface area (Å²) in [5.74, 6) is 3.52. The van der Waals surface area contributed by atoms with E-state index in [1.54, 1.807) is 0 Å². The number of rotatable bonds is 12. The highest BCUT2D eigenvalue weighted by Gasteiger charge is 2.47. The SMILES string of the molecule is O=C(O)CCC/C=C\C[C@@H]1[C@H](CSCC=CCCCl)[C@@H]2CC[C@H]1O2. The number of aliphatic carboxylic acids is 1. The molecule has 0 aromatic carbocycles. The van der Waals surface area contributed by atoms with E-state index in [1.165, 1.54) is 18.6 Å². The second-order valence-electron chi connectivity index (χ2n) is 6.60. The van der Waals surface area contributed by atoms with Gasteiger partial charge in [-0.15, -0.1) is 11.6 Å². The third-order valence-electron chi connectivity index (χ3n) is 4.89. The van der Waals surface area contributed by atoms with Crippen molar-refractivity contribution in [2.45, 2.75) is 57.2 Å². The third-order valence-corrected chi connectivity index (χ3v) is 6.16. The topological polar surface area (TPSA) is 46.5 Å². The molecule has 2 bridgehead atoms. The molecule has 2 heterocycles. The number of carbonyl (C=O) groups is 1. The Bertz CT molecular complexity index is 438. The molecule has 0 amide bonds. The Labute approximate surface area is 154 Å². The highest BCUT2D eigenvalue weighted by atomic mass is 35.5. The van der Waals surface area contributed by atoms with Crippen LogP contribution in [0, 0.1) is 11.8 Å². The number of thioether (sulfide) groups is 1. The summed E-state index contributed by atoms with van der Waals surface area (Å²) in [5, 5.41) is 8.65. The van der Waals surface area contributed by atoms with E-state index >= 15 is 0 Å². The van der Waals surface area contributed by atoms with Crippen molar-refractivity contribution in [3.63, 3.8) is 0 Å². The molecule has 4 atom stereocenters. The maximum atomic E-state index is 10.5. The number of unbranched alkanes of at least 4 members (excludes halogenated alkanes) is 1. The molecule has 3 nitrogen and oxygen atoms in total. The number of carboxylic acid groups (broad SMARTS) is 1. The van der Waals surface area contributed by atoms with Crippen molar-refractivity contribution in [2.24, 2.45) is 11.8 Å². The number of alkyl halides is 1. The van der Waals surface area contributed by atoms with E-state index < -0.39 is 5.97 Å². The second kappa shape index (κ2) is 11.2. The Morgan fingerprint density at radius 1 is 1.12 bits per heavy atom. The van der Waals surface area contributed by atoms with E-state index in [0.29, 0.717) is 29.9 Å². The standard InChI is InChI=1S/C19H29ClO3S/c20-12-6-3-7-13-24-14-16-15(17-10-11-18(16)23-17)8-4-1-2-5-9-19(21)22/h1,3-4,7,15-18H,2,5-6,8-14H2,(H,21,22)/b4-1-,7-3?/t15-,16+,17-,18+/m1/s1. The molecule has 24 heavy (non-hydrogen) atoms. The quantitative estimate of drug-likeness (QED) is 0.300. The van der Waals surface area contributed by atoms with Crippen LogP contribution in [0.5, 0.6) is 0 Å². The average molecular weight is 373 g/mol. The Kier molecular flexibility index (Phi) is 9.29. The monoisotopic (exact) mass is 372 g/mol. The fourth-order valence-electron chi connectivity index (χ4n) is 3.69. The first-order valence-corrected chi connectivity index (χ1v) is 10.7. The summed E-state index contributed by atoms with van der Waals surface area (Å²) in [4.78, 5) is 10.5. The molecule has 5 heteroatoms. The molecule has 136 valence electrons. The fourth-order valence-corrected chi connectivity index (χ4v) is 4.96. The van der Waals surface area contributed by atoms with Crippen LogP contribution >= 0.6 is 23.4 Å². The molecule has 2 aliphatic rings. The number of carboxylic acids is 1. The van der Waals surface area contributed by atoms with Gasteiger partial charge < -0.3 is 9.84 Å². The lowest BCUT2D eigenvalue weighted by Gasteiger charge is -2.26. The Morgan fingerprint density at radius 3 is 2.62 bits per heavy atom. The maximum absolute atomic E-state index is 10.5. The van der Waals surface area contributed by atoms with Gasteiger partial charge in [0, 0.05) is 18.1 Å². The van der Waals surface area contributed by atoms with Crippen LogP contribution in [0.1, 0.15) is 44.9 Å². The lowest BCUT2D eigenvalue weighted by molar-refractivity contribution is -0.137. The fraction of sp³-hybridized carbons (Fsp3) is 0.737. The zero-order valence-corrected chi connectivity index (χ0v) is 15.8. The zero-order chi connectivity index (χ0) is 17.2. The van der Waals surface area contributed by atoms with Crippen molar-refractivity contribution in [1.82, 2.24) is 0 Å². The van der Waals surface area contributed by atoms with Crippen molar-refractivity contribution in [3.8, 4) is 0 Å². The van der Waals surface area contributed by atoms with Crippen LogP contribution in [0.15, 0.2) is 24.3 Å². The van der Waals surface area contributed by atoms with Crippen molar-refractivity contribution in [1.29, 1.82) is 0 Å². The number of halogens is 1. The molecule has 0 aromatic rings. The van der Waals surface area contributed by atoms with E-state index in [1.807, 2.05) is 11.8 Å². The Morgan fingerprint density at radius 2 is 1.88 bits per heavy atom. The van der Waals surface area contributed by atoms with Gasteiger partial charge in [-0.3, -0.25) is 4.79 Å². The van der Waals surface area contributed by atoms with Crippen molar-refractivity contribution >= 4 is 29.3 Å². The largest absolute Gasteiger partial charge is 0.481 e. The molecule has 0 spiro atoms. The molecule has 0 aliphatic carbocycles. The molecule has 0 saturated carbocycles. The normalized spacial score (nSPS) is 29.2. The Balaban J connectivity index is 1.69. The molecule has 2 rings (SSSR count). The van der Waals surface area contributed by atoms with Crippen LogP contribution in [0.25, 0.3) is 0 Å². The highest BCUT2D eigenvalue weighted by molar-refractivity contribution is 7.99. The predicted octanol–water partition coefficient (Wildman–Crippen LogP) is 4.90. The van der Waals surface area contributed by atoms with E-state index in [-0.39, 0.29) is 6.42 Å². The predicted molar refractivity (Wildman–Crippen MR) is 102 cm³/mol. The van der Waals surface area contributed by atoms with Crippen LogP contribution in [-0.2, 0) is 9.53 Å². The maximum Gasteiger partial charge on any atom is 0.303 e. The first-order chi connectivity index (χ1) is 11.7. The zero-order valence-electron chi connectivity index (χ0n) is 14.2. The van der Waals surface area contributed by atoms with Crippen molar-refractivity contribution < 1.29 is 14.6 Å². The average Bonchev–Trinajstić information content (AvgIpc) is 3.15. The van der Waals surface area contributed by atoms with Crippen LogP contribution in [0.3, 0.4) is 0 Å². The van der Waals surface area contributed by atoms with Crippen LogP contribution < -0.4 is 0 Å². The first-order valence-electron chi connectivity index (χ1n) is 9.03.